The SMILES string of the molecule is NC(=NO)N1C[C@@H]2C[C@@H](N)C[C@]2(C(=O)N2CCc3ncc(C(F)(F)F)cc3C2)C1. The number of hydrogen-bond acceptors (Lipinski definition) is 5. The van der Waals surface area contributed by atoms with Gasteiger partial charge in [0.25, 0.3) is 0 Å². The normalized spacial score (nSPS) is 29.7. The Hall–Kier alpha value is -2.56. The number of rotatable bonds is 1. The molecule has 1 aliphatic carbocycles. The summed E-state index contributed by atoms with van der Waals surface area (Å²) in [6.45, 7) is 1.21. The molecule has 0 unspecified atom stereocenters. The number of fused-ring (bicyclic) bond motifs is 2. The number of halogens is 3. The van der Waals surface area contributed by atoms with E-state index in [0.29, 0.717) is 43.6 Å². The molecule has 1 aromatic rings. The van der Waals surface area contributed by atoms with Crippen molar-refractivity contribution in [2.24, 2.45) is 28.0 Å². The highest BCUT2D eigenvalue weighted by Gasteiger charge is 2.58. The number of carbonyl (C=O) groups is 1. The van der Waals surface area contributed by atoms with Crippen LogP contribution in [-0.4, -0.2) is 57.5 Å². The zero-order valence-electron chi connectivity index (χ0n) is 15.7. The summed E-state index contributed by atoms with van der Waals surface area (Å²) in [5.41, 5.74) is 11.3. The van der Waals surface area contributed by atoms with Crippen molar-refractivity contribution in [1.29, 1.82) is 0 Å². The highest BCUT2D eigenvalue weighted by molar-refractivity contribution is 5.87. The lowest BCUT2D eigenvalue weighted by Crippen LogP contribution is -2.49. The van der Waals surface area contributed by atoms with Crippen LogP contribution in [-0.2, 0) is 23.9 Å². The van der Waals surface area contributed by atoms with E-state index in [2.05, 4.69) is 10.1 Å². The summed E-state index contributed by atoms with van der Waals surface area (Å²) < 4.78 is 39.1. The van der Waals surface area contributed by atoms with Crippen LogP contribution >= 0.6 is 0 Å². The Morgan fingerprint density at radius 1 is 1.38 bits per heavy atom. The molecule has 158 valence electrons. The van der Waals surface area contributed by atoms with Gasteiger partial charge in [0.2, 0.25) is 11.9 Å². The lowest BCUT2D eigenvalue weighted by atomic mass is 9.78. The van der Waals surface area contributed by atoms with Gasteiger partial charge in [0, 0.05) is 50.5 Å². The Balaban J connectivity index is 1.60. The van der Waals surface area contributed by atoms with Crippen LogP contribution in [0.1, 0.15) is 29.7 Å². The fourth-order valence-corrected chi connectivity index (χ4v) is 5.06. The molecule has 1 amide bonds. The molecule has 3 aliphatic rings. The van der Waals surface area contributed by atoms with Gasteiger partial charge in [-0.25, -0.2) is 0 Å². The van der Waals surface area contributed by atoms with E-state index >= 15 is 0 Å². The van der Waals surface area contributed by atoms with E-state index in [1.54, 1.807) is 9.80 Å². The monoisotopic (exact) mass is 412 g/mol. The number of nitrogens with two attached hydrogens (primary N) is 2. The Morgan fingerprint density at radius 3 is 2.83 bits per heavy atom. The van der Waals surface area contributed by atoms with E-state index < -0.39 is 17.2 Å². The molecule has 3 atom stereocenters. The number of nitrogens with zero attached hydrogens (tertiary/aromatic N) is 4. The summed E-state index contributed by atoms with van der Waals surface area (Å²) >= 11 is 0. The van der Waals surface area contributed by atoms with E-state index in [-0.39, 0.29) is 36.9 Å². The van der Waals surface area contributed by atoms with Crippen LogP contribution in [0.2, 0.25) is 0 Å². The second-order valence-corrected chi connectivity index (χ2v) is 8.20. The van der Waals surface area contributed by atoms with Gasteiger partial charge in [0.05, 0.1) is 11.0 Å². The molecule has 3 heterocycles. The van der Waals surface area contributed by atoms with Crippen molar-refractivity contribution in [1.82, 2.24) is 14.8 Å². The zero-order valence-corrected chi connectivity index (χ0v) is 15.7. The van der Waals surface area contributed by atoms with Crippen LogP contribution in [0.25, 0.3) is 0 Å². The Bertz CT molecular complexity index is 860. The van der Waals surface area contributed by atoms with E-state index in [0.717, 1.165) is 12.3 Å². The molecule has 8 nitrogen and oxygen atoms in total. The summed E-state index contributed by atoms with van der Waals surface area (Å²) in [6.07, 6.45) is -2.13. The van der Waals surface area contributed by atoms with Crippen LogP contribution in [0.4, 0.5) is 13.2 Å². The molecular weight excluding hydrogens is 389 g/mol. The van der Waals surface area contributed by atoms with Crippen LogP contribution < -0.4 is 11.5 Å². The van der Waals surface area contributed by atoms with Crippen molar-refractivity contribution in [3.63, 3.8) is 0 Å². The minimum absolute atomic E-state index is 0.0497. The number of carbonyl (C=O) groups excluding carboxylic acids is 1. The maximum atomic E-state index is 13.6. The second-order valence-electron chi connectivity index (χ2n) is 8.20. The summed E-state index contributed by atoms with van der Waals surface area (Å²) in [7, 11) is 0. The van der Waals surface area contributed by atoms with Gasteiger partial charge >= 0.3 is 6.18 Å². The maximum Gasteiger partial charge on any atom is 0.417 e. The number of amides is 1. The third-order valence-electron chi connectivity index (χ3n) is 6.42. The molecule has 0 aromatic carbocycles. The van der Waals surface area contributed by atoms with Crippen molar-refractivity contribution in [2.75, 3.05) is 19.6 Å². The van der Waals surface area contributed by atoms with Crippen LogP contribution in [0.15, 0.2) is 17.4 Å². The number of oxime groups is 1. The number of alkyl halides is 3. The Kier molecular flexibility index (Phi) is 4.60. The van der Waals surface area contributed by atoms with E-state index in [1.807, 2.05) is 0 Å². The third-order valence-corrected chi connectivity index (χ3v) is 6.42. The summed E-state index contributed by atoms with van der Waals surface area (Å²) in [4.78, 5) is 20.8. The lowest BCUT2D eigenvalue weighted by molar-refractivity contribution is -0.143. The topological polar surface area (TPSA) is 121 Å². The van der Waals surface area contributed by atoms with Crippen molar-refractivity contribution in [2.45, 2.75) is 38.0 Å². The molecule has 0 bridgehead atoms. The maximum absolute atomic E-state index is 13.6. The molecule has 0 radical (unpaired) electrons. The number of guanidine groups is 1. The van der Waals surface area contributed by atoms with Gasteiger partial charge in [-0.3, -0.25) is 9.78 Å². The molecule has 11 heteroatoms. The average Bonchev–Trinajstić information content (AvgIpc) is 3.18. The zero-order chi connectivity index (χ0) is 21.0. The second kappa shape index (κ2) is 6.75. The van der Waals surface area contributed by atoms with Crippen LogP contribution in [0, 0.1) is 11.3 Å². The molecule has 1 saturated heterocycles. The number of hydrogen-bond donors (Lipinski definition) is 3. The van der Waals surface area contributed by atoms with Crippen molar-refractivity contribution < 1.29 is 23.2 Å². The predicted octanol–water partition coefficient (Wildman–Crippen LogP) is 0.728. The quantitative estimate of drug-likeness (QED) is 0.271. The minimum Gasteiger partial charge on any atom is -0.408 e. The Labute approximate surface area is 165 Å². The first-order chi connectivity index (χ1) is 13.6. The predicted molar refractivity (Wildman–Crippen MR) is 96.5 cm³/mol. The molecule has 29 heavy (non-hydrogen) atoms. The van der Waals surface area contributed by atoms with Crippen molar-refractivity contribution >= 4 is 11.9 Å². The summed E-state index contributed by atoms with van der Waals surface area (Å²) in [5, 5.41) is 12.0. The smallest absolute Gasteiger partial charge is 0.408 e. The average molecular weight is 412 g/mol. The van der Waals surface area contributed by atoms with Crippen LogP contribution in [0.3, 0.4) is 0 Å². The molecule has 5 N–H and O–H groups in total. The highest BCUT2D eigenvalue weighted by atomic mass is 19.4. The lowest BCUT2D eigenvalue weighted by Gasteiger charge is -2.37. The van der Waals surface area contributed by atoms with Crippen molar-refractivity contribution in [3.8, 4) is 0 Å². The van der Waals surface area contributed by atoms with Gasteiger partial charge in [0.15, 0.2) is 0 Å². The molecule has 0 spiro atoms. The standard InChI is InChI=1S/C18H23F3N6O2/c19-18(20,21)11-3-10-7-26(2-1-14(10)24-6-11)15(28)17-5-13(22)4-12(17)8-27(9-17)16(23)25-29/h3,6,12-13,29H,1-2,4-5,7-9,22H2,(H2,23,25)/t12-,13+,17-/m0/s1. The molecule has 2 fully saturated rings. The van der Waals surface area contributed by atoms with E-state index in [9.17, 15) is 18.0 Å². The van der Waals surface area contributed by atoms with E-state index in [1.165, 1.54) is 0 Å². The van der Waals surface area contributed by atoms with E-state index in [4.69, 9.17) is 16.7 Å². The van der Waals surface area contributed by atoms with Gasteiger partial charge in [-0.1, -0.05) is 5.16 Å². The molecular formula is C18H23F3N6O2. The Morgan fingerprint density at radius 2 is 2.14 bits per heavy atom. The van der Waals surface area contributed by atoms with Gasteiger partial charge in [-0.05, 0) is 30.4 Å². The van der Waals surface area contributed by atoms with Crippen molar-refractivity contribution in [3.05, 3.63) is 29.1 Å². The largest absolute Gasteiger partial charge is 0.417 e. The summed E-state index contributed by atoms with van der Waals surface area (Å²) in [6, 6.07) is 0.947. The van der Waals surface area contributed by atoms with Gasteiger partial charge in [-0.15, -0.1) is 0 Å². The fourth-order valence-electron chi connectivity index (χ4n) is 5.06. The van der Waals surface area contributed by atoms with Gasteiger partial charge in [0.1, 0.15) is 0 Å². The highest BCUT2D eigenvalue weighted by Crippen LogP contribution is 2.49. The first kappa shape index (κ1) is 19.7. The van der Waals surface area contributed by atoms with Crippen LogP contribution in [0.5, 0.6) is 0 Å². The first-order valence-electron chi connectivity index (χ1n) is 9.46. The number of likely N-dealkylation sites (tertiary alicyclic amines) is 1. The van der Waals surface area contributed by atoms with Gasteiger partial charge < -0.3 is 26.5 Å². The minimum atomic E-state index is -4.48. The number of pyridine rings is 1. The van der Waals surface area contributed by atoms with Gasteiger partial charge in [-0.2, -0.15) is 13.2 Å². The molecule has 1 saturated carbocycles. The molecule has 1 aromatic heterocycles. The molecule has 2 aliphatic heterocycles. The third kappa shape index (κ3) is 3.26. The fraction of sp³-hybridized carbons (Fsp3) is 0.611. The molecule has 4 rings (SSSR count). The summed E-state index contributed by atoms with van der Waals surface area (Å²) in [5.74, 6) is -0.235. The number of aromatic nitrogens is 1. The first-order valence-corrected chi connectivity index (χ1v) is 9.46.